The lowest BCUT2D eigenvalue weighted by Crippen LogP contribution is -2.34. The Kier molecular flexibility index (Phi) is 4.63. The second kappa shape index (κ2) is 7.05. The maximum atomic E-state index is 5.44. The molecule has 0 aliphatic carbocycles. The van der Waals surface area contributed by atoms with Crippen LogP contribution in [0.5, 0.6) is 0 Å². The number of piperidine rings is 1. The molecule has 7 nitrogen and oxygen atoms in total. The quantitative estimate of drug-likeness (QED) is 0.698. The smallest absolute Gasteiger partial charge is 0.180 e. The van der Waals surface area contributed by atoms with E-state index >= 15 is 0 Å². The molecule has 1 fully saturated rings. The zero-order valence-corrected chi connectivity index (χ0v) is 15.4. The molecule has 25 heavy (non-hydrogen) atoms. The summed E-state index contributed by atoms with van der Waals surface area (Å²) in [5.41, 5.74) is 3.20. The van der Waals surface area contributed by atoms with E-state index in [4.69, 9.17) is 4.52 Å². The fourth-order valence-corrected chi connectivity index (χ4v) is 4.22. The molecule has 0 N–H and O–H groups in total. The molecule has 0 spiro atoms. The number of imidazole rings is 1. The minimum absolute atomic E-state index is 0.380. The molecule has 1 aliphatic rings. The van der Waals surface area contributed by atoms with Crippen LogP contribution in [0.25, 0.3) is 10.6 Å². The molecule has 0 amide bonds. The summed E-state index contributed by atoms with van der Waals surface area (Å²) in [5, 5.41) is 8.43. The van der Waals surface area contributed by atoms with Crippen molar-refractivity contribution in [2.75, 3.05) is 13.1 Å². The van der Waals surface area contributed by atoms with E-state index in [-0.39, 0.29) is 0 Å². The third kappa shape index (κ3) is 3.36. The van der Waals surface area contributed by atoms with Crippen molar-refractivity contribution in [2.24, 2.45) is 0 Å². The van der Waals surface area contributed by atoms with Gasteiger partial charge >= 0.3 is 0 Å². The van der Waals surface area contributed by atoms with Crippen LogP contribution in [0.3, 0.4) is 0 Å². The summed E-state index contributed by atoms with van der Waals surface area (Å²) >= 11 is 1.39. The van der Waals surface area contributed by atoms with Crippen LogP contribution in [0, 0.1) is 6.92 Å². The third-order valence-corrected chi connectivity index (χ3v) is 5.54. The van der Waals surface area contributed by atoms with Gasteiger partial charge in [0, 0.05) is 37.8 Å². The number of aryl methyl sites for hydroxylation is 2. The fraction of sp³-hybridized carbons (Fsp3) is 0.529. The molecule has 3 aromatic rings. The van der Waals surface area contributed by atoms with Crippen LogP contribution >= 0.6 is 11.5 Å². The Morgan fingerprint density at radius 2 is 2.32 bits per heavy atom. The number of rotatable bonds is 5. The van der Waals surface area contributed by atoms with Crippen LogP contribution in [-0.2, 0) is 13.1 Å². The topological polar surface area (TPSA) is 72.9 Å². The molecule has 8 heteroatoms. The van der Waals surface area contributed by atoms with E-state index in [1.165, 1.54) is 17.2 Å². The number of hydrogen-bond acceptors (Lipinski definition) is 7. The lowest BCUT2D eigenvalue weighted by molar-refractivity contribution is 0.194. The highest BCUT2D eigenvalue weighted by Gasteiger charge is 2.28. The Bertz CT molecular complexity index is 838. The highest BCUT2D eigenvalue weighted by Crippen LogP contribution is 2.35. The molecule has 1 atom stereocenters. The molecule has 132 valence electrons. The van der Waals surface area contributed by atoms with E-state index in [2.05, 4.69) is 36.1 Å². The Morgan fingerprint density at radius 3 is 3.12 bits per heavy atom. The summed E-state index contributed by atoms with van der Waals surface area (Å²) < 4.78 is 11.8. The molecule has 0 radical (unpaired) electrons. The van der Waals surface area contributed by atoms with Crippen LogP contribution in [0.2, 0.25) is 0 Å². The van der Waals surface area contributed by atoms with Gasteiger partial charge in [0.15, 0.2) is 5.76 Å². The second-order valence-corrected chi connectivity index (χ2v) is 7.32. The zero-order chi connectivity index (χ0) is 17.2. The SMILES string of the molecule is CCn1cncc1CN1CCC[C@@H](c2nnsc2-c2cc(C)no2)C1. The van der Waals surface area contributed by atoms with Crippen molar-refractivity contribution in [3.8, 4) is 10.6 Å². The van der Waals surface area contributed by atoms with Gasteiger partial charge in [0.2, 0.25) is 0 Å². The number of hydrogen-bond donors (Lipinski definition) is 0. The van der Waals surface area contributed by atoms with Crippen LogP contribution < -0.4 is 0 Å². The number of aromatic nitrogens is 5. The predicted molar refractivity (Wildman–Crippen MR) is 95.3 cm³/mol. The minimum Gasteiger partial charge on any atom is -0.355 e. The maximum absolute atomic E-state index is 5.44. The molecule has 0 bridgehead atoms. The van der Waals surface area contributed by atoms with Gasteiger partial charge in [0.1, 0.15) is 4.88 Å². The highest BCUT2D eigenvalue weighted by atomic mass is 32.1. The Labute approximate surface area is 150 Å². The zero-order valence-electron chi connectivity index (χ0n) is 14.6. The Balaban J connectivity index is 1.51. The second-order valence-electron chi connectivity index (χ2n) is 6.57. The van der Waals surface area contributed by atoms with Crippen LogP contribution in [-0.4, -0.2) is 42.3 Å². The first-order chi connectivity index (χ1) is 12.2. The van der Waals surface area contributed by atoms with E-state index in [9.17, 15) is 0 Å². The standard InChI is InChI=1S/C17H22N6OS/c1-3-23-11-18-8-14(23)10-22-6-4-5-13(9-22)16-17(25-21-19-16)15-7-12(2)20-24-15/h7-8,11,13H,3-6,9-10H2,1-2H3/t13-/m1/s1. The lowest BCUT2D eigenvalue weighted by Gasteiger charge is -2.32. The summed E-state index contributed by atoms with van der Waals surface area (Å²) in [6.07, 6.45) is 6.18. The molecular weight excluding hydrogens is 336 g/mol. The predicted octanol–water partition coefficient (Wildman–Crippen LogP) is 3.10. The van der Waals surface area contributed by atoms with Gasteiger partial charge in [-0.15, -0.1) is 5.10 Å². The van der Waals surface area contributed by atoms with Crippen molar-refractivity contribution in [1.82, 2.24) is 29.2 Å². The van der Waals surface area contributed by atoms with E-state index in [1.807, 2.05) is 25.5 Å². The Morgan fingerprint density at radius 1 is 1.40 bits per heavy atom. The van der Waals surface area contributed by atoms with Crippen molar-refractivity contribution >= 4 is 11.5 Å². The van der Waals surface area contributed by atoms with Gasteiger partial charge in [-0.3, -0.25) is 4.90 Å². The van der Waals surface area contributed by atoms with Crippen LogP contribution in [0.1, 0.15) is 42.8 Å². The van der Waals surface area contributed by atoms with Crippen LogP contribution in [0.15, 0.2) is 23.1 Å². The summed E-state index contributed by atoms with van der Waals surface area (Å²) in [5.74, 6) is 1.16. The molecular formula is C17H22N6OS. The first kappa shape index (κ1) is 16.4. The van der Waals surface area contributed by atoms with Gasteiger partial charge in [0.05, 0.1) is 23.4 Å². The van der Waals surface area contributed by atoms with Gasteiger partial charge in [-0.2, -0.15) is 0 Å². The van der Waals surface area contributed by atoms with E-state index < -0.39 is 0 Å². The van der Waals surface area contributed by atoms with Crippen LogP contribution in [0.4, 0.5) is 0 Å². The van der Waals surface area contributed by atoms with Crippen molar-refractivity contribution in [1.29, 1.82) is 0 Å². The molecule has 4 heterocycles. The molecule has 0 saturated carbocycles. The van der Waals surface area contributed by atoms with Crippen molar-refractivity contribution in [2.45, 2.75) is 45.7 Å². The number of likely N-dealkylation sites (tertiary alicyclic amines) is 1. The summed E-state index contributed by atoms with van der Waals surface area (Å²) in [6.45, 7) is 8.06. The molecule has 0 aromatic carbocycles. The normalized spacial score (nSPS) is 18.7. The summed E-state index contributed by atoms with van der Waals surface area (Å²) in [4.78, 5) is 7.79. The van der Waals surface area contributed by atoms with Gasteiger partial charge in [0.25, 0.3) is 0 Å². The first-order valence-electron chi connectivity index (χ1n) is 8.72. The minimum atomic E-state index is 0.380. The van der Waals surface area contributed by atoms with Crippen molar-refractivity contribution in [3.05, 3.63) is 35.7 Å². The number of nitrogens with zero attached hydrogens (tertiary/aromatic N) is 6. The summed E-state index contributed by atoms with van der Waals surface area (Å²) in [6, 6.07) is 1.96. The van der Waals surface area contributed by atoms with E-state index in [1.54, 1.807) is 0 Å². The van der Waals surface area contributed by atoms with Gasteiger partial charge in [-0.25, -0.2) is 4.98 Å². The average molecular weight is 358 g/mol. The van der Waals surface area contributed by atoms with Gasteiger partial charge in [-0.1, -0.05) is 9.64 Å². The molecule has 3 aromatic heterocycles. The maximum Gasteiger partial charge on any atom is 0.180 e. The third-order valence-electron chi connectivity index (χ3n) is 4.78. The first-order valence-corrected chi connectivity index (χ1v) is 9.49. The van der Waals surface area contributed by atoms with Gasteiger partial charge < -0.3 is 9.09 Å². The van der Waals surface area contributed by atoms with E-state index in [0.29, 0.717) is 5.92 Å². The largest absolute Gasteiger partial charge is 0.355 e. The summed E-state index contributed by atoms with van der Waals surface area (Å²) in [7, 11) is 0. The molecule has 1 aliphatic heterocycles. The van der Waals surface area contributed by atoms with Crippen molar-refractivity contribution in [3.63, 3.8) is 0 Å². The fourth-order valence-electron chi connectivity index (χ4n) is 3.52. The Hall–Kier alpha value is -2.06. The van der Waals surface area contributed by atoms with E-state index in [0.717, 1.165) is 61.0 Å². The van der Waals surface area contributed by atoms with Crippen molar-refractivity contribution < 1.29 is 4.52 Å². The monoisotopic (exact) mass is 358 g/mol. The van der Waals surface area contributed by atoms with Gasteiger partial charge in [-0.05, 0) is 44.8 Å². The average Bonchev–Trinajstić information content (AvgIpc) is 3.35. The molecule has 1 saturated heterocycles. The highest BCUT2D eigenvalue weighted by molar-refractivity contribution is 7.09. The lowest BCUT2D eigenvalue weighted by atomic mass is 9.93. The molecule has 0 unspecified atom stereocenters. The molecule has 4 rings (SSSR count).